The van der Waals surface area contributed by atoms with Gasteiger partial charge >= 0.3 is 0 Å². The fraction of sp³-hybridized carbons (Fsp3) is 0.423. The molecule has 3 aromatic rings. The van der Waals surface area contributed by atoms with Crippen molar-refractivity contribution >= 4 is 28.4 Å². The van der Waals surface area contributed by atoms with Gasteiger partial charge in [0.1, 0.15) is 11.2 Å². The highest BCUT2D eigenvalue weighted by Gasteiger charge is 2.65. The number of anilines is 2. The number of rotatable bonds is 5. The summed E-state index contributed by atoms with van der Waals surface area (Å²) in [6.07, 6.45) is 6.90. The molecule has 3 aromatic heterocycles. The fourth-order valence-corrected chi connectivity index (χ4v) is 4.76. The summed E-state index contributed by atoms with van der Waals surface area (Å²) in [6, 6.07) is 5.83. The van der Waals surface area contributed by atoms with Crippen LogP contribution >= 0.6 is 0 Å². The second-order valence-electron chi connectivity index (χ2n) is 9.56. The van der Waals surface area contributed by atoms with Gasteiger partial charge in [-0.3, -0.25) is 9.69 Å². The number of amides is 1. The van der Waals surface area contributed by atoms with Crippen molar-refractivity contribution in [2.45, 2.75) is 25.8 Å². The maximum absolute atomic E-state index is 12.6. The van der Waals surface area contributed by atoms with Gasteiger partial charge < -0.3 is 15.4 Å². The number of hydrogen-bond donors (Lipinski definition) is 2. The van der Waals surface area contributed by atoms with Crippen LogP contribution in [0, 0.1) is 23.2 Å². The van der Waals surface area contributed by atoms with Crippen molar-refractivity contribution in [1.29, 1.82) is 0 Å². The number of hydrogen-bond acceptors (Lipinski definition) is 8. The highest BCUT2D eigenvalue weighted by molar-refractivity contribution is 5.98. The summed E-state index contributed by atoms with van der Waals surface area (Å²) in [4.78, 5) is 23.9. The minimum absolute atomic E-state index is 0.0352. The smallest absolute Gasteiger partial charge is 0.229 e. The van der Waals surface area contributed by atoms with Gasteiger partial charge in [0, 0.05) is 50.4 Å². The van der Waals surface area contributed by atoms with Crippen LogP contribution in [-0.4, -0.2) is 64.3 Å². The van der Waals surface area contributed by atoms with E-state index in [2.05, 4.69) is 53.6 Å². The summed E-state index contributed by atoms with van der Waals surface area (Å²) < 4.78 is 5.41. The Morgan fingerprint density at radius 2 is 2.03 bits per heavy atom. The third kappa shape index (κ3) is 4.55. The highest BCUT2D eigenvalue weighted by atomic mass is 16.5. The third-order valence-electron chi connectivity index (χ3n) is 7.18. The van der Waals surface area contributed by atoms with Gasteiger partial charge in [0.15, 0.2) is 11.6 Å². The van der Waals surface area contributed by atoms with Gasteiger partial charge in [0.25, 0.3) is 0 Å². The van der Waals surface area contributed by atoms with Crippen molar-refractivity contribution in [3.8, 4) is 11.8 Å². The van der Waals surface area contributed by atoms with E-state index in [0.29, 0.717) is 33.8 Å². The molecule has 2 saturated carbocycles. The summed E-state index contributed by atoms with van der Waals surface area (Å²) in [5, 5.41) is 15.3. The fourth-order valence-electron chi connectivity index (χ4n) is 4.76. The zero-order valence-electron chi connectivity index (χ0n) is 19.7. The van der Waals surface area contributed by atoms with Crippen LogP contribution in [0.2, 0.25) is 0 Å². The van der Waals surface area contributed by atoms with Gasteiger partial charge in [-0.05, 0) is 48.3 Å². The molecule has 0 radical (unpaired) electrons. The molecule has 0 bridgehead atoms. The number of pyridine rings is 2. The molecule has 0 unspecified atom stereocenters. The average Bonchev–Trinajstić information content (AvgIpc) is 3.82. The first-order valence-electron chi connectivity index (χ1n) is 12.1. The van der Waals surface area contributed by atoms with Crippen LogP contribution in [0.5, 0.6) is 0 Å². The Hall–Kier alpha value is -3.61. The lowest BCUT2D eigenvalue weighted by Crippen LogP contribution is -2.35. The molecule has 9 nitrogen and oxygen atoms in total. The van der Waals surface area contributed by atoms with E-state index in [4.69, 9.17) is 4.74 Å². The number of nitrogens with one attached hydrogen (secondary N) is 2. The van der Waals surface area contributed by atoms with Crippen molar-refractivity contribution in [1.82, 2.24) is 25.1 Å². The first-order chi connectivity index (χ1) is 17.1. The SMILES string of the molecule is CNc1ncc(C#Cc2ccc(CN3CCOCC3)cn2)c2cc(NC(=O)[C@@H]3CC34CC4)nnc12. The molecule has 1 amide bonds. The Bertz CT molecular complexity index is 1340. The van der Waals surface area contributed by atoms with Crippen LogP contribution in [0.3, 0.4) is 0 Å². The third-order valence-corrected chi connectivity index (χ3v) is 7.18. The Morgan fingerprint density at radius 1 is 1.17 bits per heavy atom. The molecule has 1 saturated heterocycles. The molecular weight excluding hydrogens is 442 g/mol. The summed E-state index contributed by atoms with van der Waals surface area (Å²) in [7, 11) is 1.79. The topological polar surface area (TPSA) is 105 Å². The van der Waals surface area contributed by atoms with Gasteiger partial charge in [0.2, 0.25) is 5.91 Å². The predicted octanol–water partition coefficient (Wildman–Crippen LogP) is 2.43. The number of aromatic nitrogens is 4. The van der Waals surface area contributed by atoms with Crippen LogP contribution in [-0.2, 0) is 16.1 Å². The molecule has 1 atom stereocenters. The standard InChI is InChI=1S/C26H27N7O2/c1-27-24-23-20(12-22(31-32-23)30-25(34)21-13-26(21)6-7-26)18(15-29-24)3-5-19-4-2-17(14-28-19)16-33-8-10-35-11-9-33/h2,4,12,14-15,21H,6-11,13,16H2,1H3,(H,27,29)(H,30,31,34)/t21-/m0/s1. The van der Waals surface area contributed by atoms with E-state index in [1.54, 1.807) is 13.2 Å². The molecule has 4 heterocycles. The van der Waals surface area contributed by atoms with E-state index in [-0.39, 0.29) is 11.8 Å². The van der Waals surface area contributed by atoms with E-state index in [9.17, 15) is 4.79 Å². The molecule has 2 aliphatic carbocycles. The Balaban J connectivity index is 1.22. The Kier molecular flexibility index (Phi) is 5.55. The molecule has 3 fully saturated rings. The molecule has 1 aliphatic heterocycles. The van der Waals surface area contributed by atoms with Crippen molar-refractivity contribution < 1.29 is 9.53 Å². The largest absolute Gasteiger partial charge is 0.379 e. The summed E-state index contributed by atoms with van der Waals surface area (Å²) in [5.41, 5.74) is 3.44. The van der Waals surface area contributed by atoms with E-state index < -0.39 is 0 Å². The predicted molar refractivity (Wildman–Crippen MR) is 132 cm³/mol. The molecule has 2 N–H and O–H groups in total. The lowest BCUT2D eigenvalue weighted by molar-refractivity contribution is -0.117. The van der Waals surface area contributed by atoms with Crippen molar-refractivity contribution in [2.75, 3.05) is 44.0 Å². The van der Waals surface area contributed by atoms with Crippen LogP contribution in [0.1, 0.15) is 36.1 Å². The van der Waals surface area contributed by atoms with Crippen molar-refractivity contribution in [2.24, 2.45) is 11.3 Å². The van der Waals surface area contributed by atoms with Gasteiger partial charge in [-0.2, -0.15) is 0 Å². The Morgan fingerprint density at radius 3 is 2.74 bits per heavy atom. The Labute approximate surface area is 203 Å². The maximum Gasteiger partial charge on any atom is 0.229 e. The number of carbonyl (C=O) groups excluding carboxylic acids is 1. The molecular formula is C26H27N7O2. The lowest BCUT2D eigenvalue weighted by Gasteiger charge is -2.26. The molecule has 3 aliphatic rings. The number of morpholine rings is 1. The van der Waals surface area contributed by atoms with E-state index in [1.807, 2.05) is 18.3 Å². The molecule has 9 heteroatoms. The average molecular weight is 470 g/mol. The van der Waals surface area contributed by atoms with E-state index >= 15 is 0 Å². The van der Waals surface area contributed by atoms with E-state index in [0.717, 1.165) is 63.1 Å². The first kappa shape index (κ1) is 21.9. The van der Waals surface area contributed by atoms with Crippen LogP contribution in [0.25, 0.3) is 10.9 Å². The first-order valence-corrected chi connectivity index (χ1v) is 12.1. The molecule has 0 aromatic carbocycles. The zero-order valence-corrected chi connectivity index (χ0v) is 19.7. The quantitative estimate of drug-likeness (QED) is 0.549. The summed E-state index contributed by atoms with van der Waals surface area (Å²) in [5.74, 6) is 7.52. The van der Waals surface area contributed by atoms with Crippen LogP contribution in [0.4, 0.5) is 11.6 Å². The molecule has 35 heavy (non-hydrogen) atoms. The molecule has 1 spiro atoms. The second kappa shape index (κ2) is 8.87. The second-order valence-corrected chi connectivity index (χ2v) is 9.56. The zero-order chi connectivity index (χ0) is 23.8. The number of carbonyl (C=O) groups is 1. The van der Waals surface area contributed by atoms with Crippen LogP contribution < -0.4 is 10.6 Å². The number of nitrogens with zero attached hydrogens (tertiary/aromatic N) is 5. The van der Waals surface area contributed by atoms with Gasteiger partial charge in [0.05, 0.1) is 18.8 Å². The summed E-state index contributed by atoms with van der Waals surface area (Å²) >= 11 is 0. The van der Waals surface area contributed by atoms with Crippen LogP contribution in [0.15, 0.2) is 30.6 Å². The lowest BCUT2D eigenvalue weighted by atomic mass is 10.1. The minimum Gasteiger partial charge on any atom is -0.379 e. The highest BCUT2D eigenvalue weighted by Crippen LogP contribution is 2.70. The number of ether oxygens (including phenoxy) is 1. The van der Waals surface area contributed by atoms with Gasteiger partial charge in [-0.1, -0.05) is 12.0 Å². The number of fused-ring (bicyclic) bond motifs is 1. The normalized spacial score (nSPS) is 20.2. The van der Waals surface area contributed by atoms with Gasteiger partial charge in [-0.15, -0.1) is 10.2 Å². The monoisotopic (exact) mass is 469 g/mol. The van der Waals surface area contributed by atoms with Crippen molar-refractivity contribution in [3.63, 3.8) is 0 Å². The van der Waals surface area contributed by atoms with Gasteiger partial charge in [-0.25, -0.2) is 9.97 Å². The summed E-state index contributed by atoms with van der Waals surface area (Å²) in [6.45, 7) is 4.30. The minimum atomic E-state index is 0.0352. The van der Waals surface area contributed by atoms with Crippen molar-refractivity contribution in [3.05, 3.63) is 47.4 Å². The maximum atomic E-state index is 12.6. The molecule has 6 rings (SSSR count). The van der Waals surface area contributed by atoms with E-state index in [1.165, 1.54) is 0 Å². The molecule has 178 valence electrons.